The van der Waals surface area contributed by atoms with Gasteiger partial charge in [-0.05, 0) is 92.6 Å². The molecule has 6 rings (SSSR count). The summed E-state index contributed by atoms with van der Waals surface area (Å²) in [5.41, 5.74) is 8.75. The second-order valence-corrected chi connectivity index (χ2v) is 12.4. The Hall–Kier alpha value is -4.54. The molecule has 1 N–H and O–H groups in total. The lowest BCUT2D eigenvalue weighted by Crippen LogP contribution is -2.26. The smallest absolute Gasteiger partial charge is 0.339 e. The van der Waals surface area contributed by atoms with Crippen LogP contribution in [0.4, 0.5) is 5.69 Å². The number of aromatic amines is 1. The molecule has 0 fully saturated rings. The van der Waals surface area contributed by atoms with E-state index in [2.05, 4.69) is 9.97 Å². The molecule has 2 aromatic heterocycles. The number of amides is 1. The third-order valence-electron chi connectivity index (χ3n) is 6.99. The first kappa shape index (κ1) is 26.7. The standard InChI is InChI=1S/C31H26N4O4S2/c1-18-5-9-24(10-6-18)41(37,38)39-23-13-19(2)29(20(3)14-23)30-33-25-11-7-21(15-26(25)34-30)31(36)35(4)22-8-12-28-27(16-22)32-17-40-28/h5-17H,1-4H3,(H,33,34). The minimum atomic E-state index is -3.97. The molecule has 0 radical (unpaired) electrons. The number of hydrogen-bond donors (Lipinski definition) is 1. The SMILES string of the molecule is Cc1ccc(S(=O)(=O)Oc2cc(C)c(-c3nc4ccc(C(=O)N(C)c5ccc6scnc6c5)cc4[nH]3)c(C)c2)cc1. The number of aromatic nitrogens is 3. The van der Waals surface area contributed by atoms with E-state index in [1.165, 1.54) is 12.1 Å². The molecule has 0 saturated carbocycles. The van der Waals surface area contributed by atoms with Gasteiger partial charge in [0.25, 0.3) is 5.91 Å². The first-order valence-corrected chi connectivity index (χ1v) is 15.1. The molecule has 8 nitrogen and oxygen atoms in total. The van der Waals surface area contributed by atoms with Gasteiger partial charge in [0.15, 0.2) is 0 Å². The second kappa shape index (κ2) is 10.1. The average molecular weight is 583 g/mol. The molecule has 0 aliphatic heterocycles. The zero-order valence-electron chi connectivity index (χ0n) is 22.8. The Bertz CT molecular complexity index is 2040. The van der Waals surface area contributed by atoms with Crippen molar-refractivity contribution < 1.29 is 17.4 Å². The Morgan fingerprint density at radius 1 is 0.902 bits per heavy atom. The number of hydrogen-bond acceptors (Lipinski definition) is 7. The molecule has 0 unspecified atom stereocenters. The van der Waals surface area contributed by atoms with Crippen LogP contribution in [0, 0.1) is 20.8 Å². The van der Waals surface area contributed by atoms with Crippen LogP contribution in [-0.4, -0.2) is 36.3 Å². The van der Waals surface area contributed by atoms with Crippen LogP contribution in [0.3, 0.4) is 0 Å². The van der Waals surface area contributed by atoms with Gasteiger partial charge in [-0.2, -0.15) is 8.42 Å². The number of nitrogens with one attached hydrogen (secondary N) is 1. The van der Waals surface area contributed by atoms with Crippen molar-refractivity contribution in [2.24, 2.45) is 0 Å². The first-order chi connectivity index (χ1) is 19.6. The lowest BCUT2D eigenvalue weighted by atomic mass is 10.0. The molecular weight excluding hydrogens is 556 g/mol. The van der Waals surface area contributed by atoms with E-state index in [-0.39, 0.29) is 16.6 Å². The zero-order valence-corrected chi connectivity index (χ0v) is 24.4. The van der Waals surface area contributed by atoms with Crippen LogP contribution in [0.2, 0.25) is 0 Å². The number of H-pyrrole nitrogens is 1. The summed E-state index contributed by atoms with van der Waals surface area (Å²) in [5, 5.41) is 0. The largest absolute Gasteiger partial charge is 0.379 e. The summed E-state index contributed by atoms with van der Waals surface area (Å²) in [4.78, 5) is 27.5. The number of rotatable bonds is 6. The number of aryl methyl sites for hydroxylation is 3. The molecular formula is C31H26N4O4S2. The first-order valence-electron chi connectivity index (χ1n) is 12.8. The Morgan fingerprint density at radius 2 is 1.63 bits per heavy atom. The van der Waals surface area contributed by atoms with Gasteiger partial charge in [0.1, 0.15) is 16.5 Å². The van der Waals surface area contributed by atoms with Gasteiger partial charge in [-0.25, -0.2) is 9.97 Å². The van der Waals surface area contributed by atoms with Crippen LogP contribution < -0.4 is 9.08 Å². The fraction of sp³-hybridized carbons (Fsp3) is 0.129. The van der Waals surface area contributed by atoms with Crippen LogP contribution in [0.1, 0.15) is 27.0 Å². The van der Waals surface area contributed by atoms with E-state index in [1.807, 2.05) is 45.0 Å². The molecule has 6 aromatic rings. The predicted molar refractivity (Wildman–Crippen MR) is 162 cm³/mol. The third kappa shape index (κ3) is 5.07. The van der Waals surface area contributed by atoms with Gasteiger partial charge in [-0.1, -0.05) is 17.7 Å². The number of benzene rings is 4. The highest BCUT2D eigenvalue weighted by atomic mass is 32.2. The van der Waals surface area contributed by atoms with Gasteiger partial charge in [-0.3, -0.25) is 4.79 Å². The zero-order chi connectivity index (χ0) is 28.9. The van der Waals surface area contributed by atoms with Gasteiger partial charge in [-0.15, -0.1) is 11.3 Å². The normalized spacial score (nSPS) is 11.7. The van der Waals surface area contributed by atoms with Crippen molar-refractivity contribution in [3.8, 4) is 17.1 Å². The minimum absolute atomic E-state index is 0.0967. The number of imidazole rings is 1. The summed E-state index contributed by atoms with van der Waals surface area (Å²) in [6, 6.07) is 21.1. The Balaban J connectivity index is 1.27. The van der Waals surface area contributed by atoms with Gasteiger partial charge in [0.05, 0.1) is 26.8 Å². The molecule has 41 heavy (non-hydrogen) atoms. The predicted octanol–water partition coefficient (Wildman–Crippen LogP) is 6.81. The van der Waals surface area contributed by atoms with E-state index in [9.17, 15) is 13.2 Å². The molecule has 206 valence electrons. The highest BCUT2D eigenvalue weighted by Crippen LogP contribution is 2.32. The van der Waals surface area contributed by atoms with Crippen molar-refractivity contribution in [2.45, 2.75) is 25.7 Å². The maximum atomic E-state index is 13.3. The number of thiazole rings is 1. The number of nitrogens with zero attached hydrogens (tertiary/aromatic N) is 3. The third-order valence-corrected chi connectivity index (χ3v) is 9.06. The summed E-state index contributed by atoms with van der Waals surface area (Å²) in [6.45, 7) is 5.65. The summed E-state index contributed by atoms with van der Waals surface area (Å²) < 4.78 is 32.1. The summed E-state index contributed by atoms with van der Waals surface area (Å²) >= 11 is 1.56. The van der Waals surface area contributed by atoms with Gasteiger partial charge >= 0.3 is 10.1 Å². The molecule has 0 saturated heterocycles. The number of carbonyl (C=O) groups is 1. The Labute approximate surface area is 241 Å². The molecule has 0 aliphatic rings. The molecule has 0 bridgehead atoms. The average Bonchev–Trinajstić information content (AvgIpc) is 3.57. The van der Waals surface area contributed by atoms with Crippen LogP contribution in [0.25, 0.3) is 32.6 Å². The van der Waals surface area contributed by atoms with Gasteiger partial charge in [0.2, 0.25) is 0 Å². The lowest BCUT2D eigenvalue weighted by Gasteiger charge is -2.17. The van der Waals surface area contributed by atoms with Gasteiger partial charge in [0, 0.05) is 23.9 Å². The lowest BCUT2D eigenvalue weighted by molar-refractivity contribution is 0.0993. The summed E-state index contributed by atoms with van der Waals surface area (Å²) in [5.74, 6) is 0.698. The molecule has 2 heterocycles. The summed E-state index contributed by atoms with van der Waals surface area (Å²) in [7, 11) is -2.23. The molecule has 1 amide bonds. The minimum Gasteiger partial charge on any atom is -0.379 e. The van der Waals surface area contributed by atoms with E-state index >= 15 is 0 Å². The topological polar surface area (TPSA) is 105 Å². The van der Waals surface area contributed by atoms with Crippen molar-refractivity contribution in [3.05, 3.63) is 101 Å². The van der Waals surface area contributed by atoms with Crippen LogP contribution in [0.15, 0.2) is 83.2 Å². The highest BCUT2D eigenvalue weighted by molar-refractivity contribution is 7.87. The van der Waals surface area contributed by atoms with Crippen LogP contribution >= 0.6 is 11.3 Å². The number of carbonyl (C=O) groups excluding carboxylic acids is 1. The van der Waals surface area contributed by atoms with E-state index in [0.717, 1.165) is 43.7 Å². The van der Waals surface area contributed by atoms with Crippen molar-refractivity contribution in [3.63, 3.8) is 0 Å². The van der Waals surface area contributed by atoms with Gasteiger partial charge < -0.3 is 14.1 Å². The Morgan fingerprint density at radius 3 is 2.37 bits per heavy atom. The van der Waals surface area contributed by atoms with Crippen molar-refractivity contribution in [1.29, 1.82) is 0 Å². The molecule has 10 heteroatoms. The van der Waals surface area contributed by atoms with E-state index in [0.29, 0.717) is 16.9 Å². The maximum absolute atomic E-state index is 13.3. The number of fused-ring (bicyclic) bond motifs is 2. The van der Waals surface area contributed by atoms with Crippen molar-refractivity contribution >= 4 is 54.3 Å². The van der Waals surface area contributed by atoms with E-state index in [4.69, 9.17) is 9.17 Å². The monoisotopic (exact) mass is 582 g/mol. The quantitative estimate of drug-likeness (QED) is 0.216. The second-order valence-electron chi connectivity index (χ2n) is 9.97. The summed E-state index contributed by atoms with van der Waals surface area (Å²) in [6.07, 6.45) is 0. The van der Waals surface area contributed by atoms with E-state index in [1.54, 1.807) is 65.2 Å². The van der Waals surface area contributed by atoms with Crippen molar-refractivity contribution in [2.75, 3.05) is 11.9 Å². The fourth-order valence-corrected chi connectivity index (χ4v) is 6.43. The van der Waals surface area contributed by atoms with Crippen LogP contribution in [-0.2, 0) is 10.1 Å². The van der Waals surface area contributed by atoms with Crippen LogP contribution in [0.5, 0.6) is 5.75 Å². The highest BCUT2D eigenvalue weighted by Gasteiger charge is 2.20. The molecule has 0 spiro atoms. The molecule has 4 aromatic carbocycles. The Kier molecular flexibility index (Phi) is 6.59. The number of anilines is 1. The van der Waals surface area contributed by atoms with Crippen molar-refractivity contribution in [1.82, 2.24) is 15.0 Å². The fourth-order valence-electron chi connectivity index (χ4n) is 4.85. The molecule has 0 atom stereocenters. The van der Waals surface area contributed by atoms with E-state index < -0.39 is 10.1 Å². The maximum Gasteiger partial charge on any atom is 0.339 e. The molecule has 0 aliphatic carbocycles.